The molecule has 24 heavy (non-hydrogen) atoms. The fourth-order valence-electron chi connectivity index (χ4n) is 3.38. The summed E-state index contributed by atoms with van der Waals surface area (Å²) < 4.78 is 25.4. The zero-order chi connectivity index (χ0) is 16.4. The van der Waals surface area contributed by atoms with E-state index in [9.17, 15) is 13.2 Å². The highest BCUT2D eigenvalue weighted by Gasteiger charge is 2.29. The van der Waals surface area contributed by atoms with Gasteiger partial charge in [0.05, 0.1) is 11.4 Å². The number of sulfonamides is 1. The van der Waals surface area contributed by atoms with Gasteiger partial charge >= 0.3 is 0 Å². The number of carbonyl (C=O) groups is 1. The lowest BCUT2D eigenvalue weighted by atomic mass is 9.85. The van der Waals surface area contributed by atoms with Gasteiger partial charge in [-0.05, 0) is 43.9 Å². The van der Waals surface area contributed by atoms with E-state index in [1.54, 1.807) is 24.3 Å². The maximum atomic E-state index is 12.4. The Labute approximate surface area is 149 Å². The quantitative estimate of drug-likeness (QED) is 0.848. The Balaban J connectivity index is 0.00000208. The van der Waals surface area contributed by atoms with E-state index < -0.39 is 10.0 Å². The Morgan fingerprint density at radius 2 is 2.04 bits per heavy atom. The third-order valence-electron chi connectivity index (χ3n) is 4.59. The Bertz CT molecular complexity index is 696. The van der Waals surface area contributed by atoms with Crippen molar-refractivity contribution in [2.24, 2.45) is 11.7 Å². The van der Waals surface area contributed by atoms with Gasteiger partial charge in [0.15, 0.2) is 0 Å². The van der Waals surface area contributed by atoms with E-state index in [2.05, 4.69) is 5.32 Å². The highest BCUT2D eigenvalue weighted by molar-refractivity contribution is 7.93. The lowest BCUT2D eigenvalue weighted by Gasteiger charge is -2.26. The van der Waals surface area contributed by atoms with Gasteiger partial charge in [-0.3, -0.25) is 9.10 Å². The number of amides is 1. The van der Waals surface area contributed by atoms with Crippen LogP contribution >= 0.6 is 12.4 Å². The number of anilines is 2. The molecule has 0 spiro atoms. The molecular weight excluding hydrogens is 350 g/mol. The van der Waals surface area contributed by atoms with Gasteiger partial charge in [0.2, 0.25) is 15.9 Å². The van der Waals surface area contributed by atoms with Crippen molar-refractivity contribution >= 4 is 39.7 Å². The molecule has 1 aliphatic heterocycles. The molecule has 8 heteroatoms. The summed E-state index contributed by atoms with van der Waals surface area (Å²) in [5, 5.41) is 2.91. The van der Waals surface area contributed by atoms with E-state index in [0.29, 0.717) is 30.8 Å². The van der Waals surface area contributed by atoms with Gasteiger partial charge in [0, 0.05) is 24.2 Å². The minimum absolute atomic E-state index is 0. The van der Waals surface area contributed by atoms with Crippen LogP contribution in [-0.4, -0.2) is 32.7 Å². The predicted octanol–water partition coefficient (Wildman–Crippen LogP) is 2.10. The highest BCUT2D eigenvalue weighted by atomic mass is 35.5. The molecule has 1 saturated heterocycles. The topological polar surface area (TPSA) is 92.5 Å². The molecule has 2 atom stereocenters. The van der Waals surface area contributed by atoms with Crippen molar-refractivity contribution in [3.05, 3.63) is 24.3 Å². The van der Waals surface area contributed by atoms with Gasteiger partial charge in [-0.2, -0.15) is 0 Å². The zero-order valence-corrected chi connectivity index (χ0v) is 15.1. The monoisotopic (exact) mass is 373 g/mol. The van der Waals surface area contributed by atoms with Crippen LogP contribution in [0.15, 0.2) is 24.3 Å². The molecule has 134 valence electrons. The molecule has 1 aromatic carbocycles. The predicted molar refractivity (Wildman–Crippen MR) is 98.0 cm³/mol. The van der Waals surface area contributed by atoms with E-state index in [-0.39, 0.29) is 36.0 Å². The second kappa shape index (κ2) is 7.72. The minimum Gasteiger partial charge on any atom is -0.328 e. The van der Waals surface area contributed by atoms with Crippen molar-refractivity contribution < 1.29 is 13.2 Å². The first-order valence-electron chi connectivity index (χ1n) is 8.12. The third kappa shape index (κ3) is 4.20. The van der Waals surface area contributed by atoms with E-state index in [1.165, 1.54) is 4.31 Å². The van der Waals surface area contributed by atoms with Gasteiger partial charge in [-0.15, -0.1) is 12.4 Å². The summed E-state index contributed by atoms with van der Waals surface area (Å²) in [7, 11) is -3.21. The summed E-state index contributed by atoms with van der Waals surface area (Å²) in [6, 6.07) is 7.14. The smallest absolute Gasteiger partial charge is 0.235 e. The summed E-state index contributed by atoms with van der Waals surface area (Å²) in [5.74, 6) is 0.100. The van der Waals surface area contributed by atoms with Gasteiger partial charge in [0.1, 0.15) is 0 Å². The zero-order valence-electron chi connectivity index (χ0n) is 13.5. The molecule has 3 N–H and O–H groups in total. The van der Waals surface area contributed by atoms with Crippen molar-refractivity contribution in [2.75, 3.05) is 21.9 Å². The van der Waals surface area contributed by atoms with E-state index >= 15 is 0 Å². The Kier molecular flexibility index (Phi) is 6.11. The number of hydrogen-bond acceptors (Lipinski definition) is 4. The normalized spacial score (nSPS) is 25.8. The Morgan fingerprint density at radius 3 is 2.71 bits per heavy atom. The molecule has 2 unspecified atom stereocenters. The van der Waals surface area contributed by atoms with Gasteiger partial charge in [-0.25, -0.2) is 8.42 Å². The van der Waals surface area contributed by atoms with Crippen LogP contribution in [0.5, 0.6) is 0 Å². The first-order chi connectivity index (χ1) is 11.0. The number of rotatable bonds is 3. The molecule has 1 heterocycles. The lowest BCUT2D eigenvalue weighted by molar-refractivity contribution is -0.120. The molecule has 2 fully saturated rings. The molecule has 1 amide bonds. The number of nitrogens with two attached hydrogens (primary N) is 1. The molecule has 0 bridgehead atoms. The number of hydrogen-bond donors (Lipinski definition) is 2. The highest BCUT2D eigenvalue weighted by Crippen LogP contribution is 2.28. The summed E-state index contributed by atoms with van der Waals surface area (Å²) in [6.45, 7) is 0.497. The molecular formula is C16H24ClN3O3S. The average molecular weight is 374 g/mol. The van der Waals surface area contributed by atoms with Crippen molar-refractivity contribution in [3.63, 3.8) is 0 Å². The number of nitrogens with zero attached hydrogens (tertiary/aromatic N) is 1. The van der Waals surface area contributed by atoms with Gasteiger partial charge in [-0.1, -0.05) is 12.5 Å². The van der Waals surface area contributed by atoms with Crippen molar-refractivity contribution in [3.8, 4) is 0 Å². The molecule has 0 radical (unpaired) electrons. The van der Waals surface area contributed by atoms with E-state index in [4.69, 9.17) is 5.73 Å². The number of nitrogens with one attached hydrogen (secondary N) is 1. The van der Waals surface area contributed by atoms with Gasteiger partial charge < -0.3 is 11.1 Å². The molecule has 3 rings (SSSR count). The van der Waals surface area contributed by atoms with E-state index in [1.807, 2.05) is 0 Å². The van der Waals surface area contributed by atoms with Crippen LogP contribution in [0.2, 0.25) is 0 Å². The molecule has 1 aromatic rings. The molecule has 2 aliphatic rings. The first kappa shape index (κ1) is 19.0. The summed E-state index contributed by atoms with van der Waals surface area (Å²) >= 11 is 0. The summed E-state index contributed by atoms with van der Waals surface area (Å²) in [4.78, 5) is 12.4. The number of benzene rings is 1. The minimum atomic E-state index is -3.21. The van der Waals surface area contributed by atoms with Crippen molar-refractivity contribution in [2.45, 2.75) is 38.1 Å². The fraction of sp³-hybridized carbons (Fsp3) is 0.562. The second-order valence-corrected chi connectivity index (χ2v) is 8.42. The third-order valence-corrected chi connectivity index (χ3v) is 6.46. The standard InChI is InChI=1S/C16H23N3O3S.ClH/c17-13-5-1-4-12(10-13)16(20)18-14-6-2-7-15(11-14)19-8-3-9-23(19,21)22;/h2,6-7,11-13H,1,3-5,8-10,17H2,(H,18,20);1H. The van der Waals surface area contributed by atoms with E-state index in [0.717, 1.165) is 19.3 Å². The number of carbonyl (C=O) groups excluding carboxylic acids is 1. The maximum absolute atomic E-state index is 12.4. The fourth-order valence-corrected chi connectivity index (χ4v) is 4.93. The van der Waals surface area contributed by atoms with Crippen molar-refractivity contribution in [1.82, 2.24) is 0 Å². The Morgan fingerprint density at radius 1 is 1.25 bits per heavy atom. The van der Waals surface area contributed by atoms with Crippen LogP contribution in [0, 0.1) is 5.92 Å². The SMILES string of the molecule is Cl.NC1CCCC(C(=O)Nc2cccc(N3CCCS3(=O)=O)c2)C1. The van der Waals surface area contributed by atoms with Crippen LogP contribution in [0.3, 0.4) is 0 Å². The number of halogens is 1. The van der Waals surface area contributed by atoms with Gasteiger partial charge in [0.25, 0.3) is 0 Å². The lowest BCUT2D eigenvalue weighted by Crippen LogP contribution is -2.34. The summed E-state index contributed by atoms with van der Waals surface area (Å²) in [6.07, 6.45) is 4.17. The van der Waals surface area contributed by atoms with Crippen LogP contribution in [0.1, 0.15) is 32.1 Å². The van der Waals surface area contributed by atoms with Crippen LogP contribution < -0.4 is 15.4 Å². The molecule has 0 aromatic heterocycles. The first-order valence-corrected chi connectivity index (χ1v) is 9.73. The largest absolute Gasteiger partial charge is 0.328 e. The Hall–Kier alpha value is -1.31. The molecule has 6 nitrogen and oxygen atoms in total. The van der Waals surface area contributed by atoms with Crippen LogP contribution in [-0.2, 0) is 14.8 Å². The van der Waals surface area contributed by atoms with Crippen LogP contribution in [0.4, 0.5) is 11.4 Å². The molecule has 1 saturated carbocycles. The summed E-state index contributed by atoms with van der Waals surface area (Å²) in [5.41, 5.74) is 7.18. The molecule has 1 aliphatic carbocycles. The second-order valence-electron chi connectivity index (χ2n) is 6.40. The van der Waals surface area contributed by atoms with Crippen molar-refractivity contribution in [1.29, 1.82) is 0 Å². The average Bonchev–Trinajstić information content (AvgIpc) is 2.87. The maximum Gasteiger partial charge on any atom is 0.235 e. The van der Waals surface area contributed by atoms with Crippen LogP contribution in [0.25, 0.3) is 0 Å².